The second kappa shape index (κ2) is 6.91. The molecule has 1 N–H and O–H groups in total. The zero-order valence-electron chi connectivity index (χ0n) is 16.3. The van der Waals surface area contributed by atoms with Gasteiger partial charge >= 0.3 is 0 Å². The van der Waals surface area contributed by atoms with Gasteiger partial charge in [0.15, 0.2) is 5.84 Å². The van der Waals surface area contributed by atoms with Crippen LogP contribution in [0.5, 0.6) is 0 Å². The van der Waals surface area contributed by atoms with Crippen molar-refractivity contribution in [1.29, 1.82) is 5.41 Å². The van der Waals surface area contributed by atoms with Crippen LogP contribution in [0, 0.1) is 26.2 Å². The second-order valence-electron chi connectivity index (χ2n) is 6.86. The van der Waals surface area contributed by atoms with Crippen LogP contribution in [0.2, 0.25) is 0 Å². The van der Waals surface area contributed by atoms with Crippen LogP contribution < -0.4 is 0 Å². The molecule has 2 aliphatic heterocycles. The van der Waals surface area contributed by atoms with E-state index in [0.717, 1.165) is 34.1 Å². The molecule has 2 aromatic rings. The zero-order chi connectivity index (χ0) is 20.0. The first-order chi connectivity index (χ1) is 13.4. The molecule has 0 atom stereocenters. The molecule has 0 saturated heterocycles. The van der Waals surface area contributed by atoms with Crippen LogP contribution in [0.4, 0.5) is 0 Å². The summed E-state index contributed by atoms with van der Waals surface area (Å²) in [4.78, 5) is 16.7. The van der Waals surface area contributed by atoms with Crippen LogP contribution in [0.3, 0.4) is 0 Å². The molecule has 0 unspecified atom stereocenters. The van der Waals surface area contributed by atoms with Crippen molar-refractivity contribution in [2.75, 3.05) is 0 Å². The van der Waals surface area contributed by atoms with Crippen molar-refractivity contribution in [2.24, 2.45) is 10.1 Å². The Hall–Kier alpha value is -2.93. The molecule has 0 fully saturated rings. The summed E-state index contributed by atoms with van der Waals surface area (Å²) in [7, 11) is 0. The van der Waals surface area contributed by atoms with E-state index in [2.05, 4.69) is 45.9 Å². The number of thioether (sulfide) groups is 1. The van der Waals surface area contributed by atoms with E-state index in [9.17, 15) is 4.79 Å². The summed E-state index contributed by atoms with van der Waals surface area (Å²) in [6.07, 6.45) is 2.50. The quantitative estimate of drug-likeness (QED) is 0.787. The maximum atomic E-state index is 12.6. The Morgan fingerprint density at radius 2 is 1.89 bits per heavy atom. The molecule has 4 rings (SSSR count). The Morgan fingerprint density at radius 3 is 2.57 bits per heavy atom. The lowest BCUT2D eigenvalue weighted by Gasteiger charge is -2.20. The number of aryl methyl sites for hydroxylation is 2. The van der Waals surface area contributed by atoms with Crippen molar-refractivity contribution in [3.8, 4) is 5.69 Å². The van der Waals surface area contributed by atoms with Gasteiger partial charge in [0.2, 0.25) is 5.17 Å². The van der Waals surface area contributed by atoms with Crippen LogP contribution in [0.1, 0.15) is 35.9 Å². The monoisotopic (exact) mass is 391 g/mol. The molecule has 1 aromatic heterocycles. The van der Waals surface area contributed by atoms with E-state index in [4.69, 9.17) is 5.41 Å². The number of hydrogen-bond donors (Lipinski definition) is 1. The molecule has 1 amide bonds. The van der Waals surface area contributed by atoms with Gasteiger partial charge in [0.25, 0.3) is 5.91 Å². The van der Waals surface area contributed by atoms with Crippen LogP contribution in [-0.4, -0.2) is 31.5 Å². The second-order valence-corrected chi connectivity index (χ2v) is 7.91. The molecule has 0 spiro atoms. The van der Waals surface area contributed by atoms with Crippen molar-refractivity contribution in [3.05, 3.63) is 58.4 Å². The predicted octanol–water partition coefficient (Wildman–Crippen LogP) is 4.43. The summed E-state index contributed by atoms with van der Waals surface area (Å²) in [5, 5.41) is 15.6. The molecule has 7 heteroatoms. The van der Waals surface area contributed by atoms with E-state index >= 15 is 0 Å². The number of rotatable bonds is 3. The molecule has 0 aliphatic carbocycles. The van der Waals surface area contributed by atoms with Gasteiger partial charge in [-0.05, 0) is 68.8 Å². The van der Waals surface area contributed by atoms with Crippen molar-refractivity contribution in [2.45, 2.75) is 34.1 Å². The lowest BCUT2D eigenvalue weighted by Crippen LogP contribution is -2.35. The Bertz CT molecular complexity index is 1090. The summed E-state index contributed by atoms with van der Waals surface area (Å²) >= 11 is 1.35. The average molecular weight is 392 g/mol. The Balaban J connectivity index is 1.75. The van der Waals surface area contributed by atoms with Gasteiger partial charge in [-0.25, -0.2) is 0 Å². The van der Waals surface area contributed by atoms with Crippen molar-refractivity contribution < 1.29 is 4.79 Å². The molecule has 0 bridgehead atoms. The Morgan fingerprint density at radius 1 is 1.18 bits per heavy atom. The summed E-state index contributed by atoms with van der Waals surface area (Å²) in [6.45, 7) is 8.11. The third-order valence-electron chi connectivity index (χ3n) is 4.86. The van der Waals surface area contributed by atoms with E-state index in [1.54, 1.807) is 6.08 Å². The third kappa shape index (κ3) is 3.01. The van der Waals surface area contributed by atoms with Crippen LogP contribution in [0.25, 0.3) is 11.8 Å². The lowest BCUT2D eigenvalue weighted by atomic mass is 10.1. The number of carbonyl (C=O) groups is 1. The van der Waals surface area contributed by atoms with E-state index in [0.29, 0.717) is 5.17 Å². The minimum Gasteiger partial charge on any atom is -0.318 e. The number of hydrogen-bond acceptors (Lipinski definition) is 4. The highest BCUT2D eigenvalue weighted by atomic mass is 32.2. The predicted molar refractivity (Wildman–Crippen MR) is 115 cm³/mol. The lowest BCUT2D eigenvalue weighted by molar-refractivity contribution is -0.114. The molecule has 0 saturated carbocycles. The first-order valence-electron chi connectivity index (χ1n) is 9.14. The standard InChI is InChI=1S/C21H21N5OS/c1-5-18-24-26-19(22)17(20(27)23-21(26)28-18)11-15-10-13(3)25(14(15)4)16-8-6-12(2)7-9-16/h6-11,22H,5H2,1-4H3. The molecule has 2 aliphatic rings. The number of carbonyl (C=O) groups excluding carboxylic acids is 1. The number of amides is 1. The van der Waals surface area contributed by atoms with Crippen LogP contribution >= 0.6 is 11.8 Å². The van der Waals surface area contributed by atoms with Gasteiger partial charge in [-0.3, -0.25) is 10.2 Å². The van der Waals surface area contributed by atoms with Gasteiger partial charge in [-0.1, -0.05) is 24.6 Å². The molecular formula is C21H21N5OS. The number of benzene rings is 1. The number of aromatic nitrogens is 1. The molecule has 28 heavy (non-hydrogen) atoms. The smallest absolute Gasteiger partial charge is 0.283 e. The number of nitrogens with zero attached hydrogens (tertiary/aromatic N) is 4. The molecule has 142 valence electrons. The normalized spacial score (nSPS) is 17.9. The van der Waals surface area contributed by atoms with Crippen molar-refractivity contribution in [3.63, 3.8) is 0 Å². The van der Waals surface area contributed by atoms with Gasteiger partial charge < -0.3 is 4.57 Å². The first kappa shape index (κ1) is 18.4. The van der Waals surface area contributed by atoms with E-state index in [1.165, 1.54) is 22.3 Å². The third-order valence-corrected chi connectivity index (χ3v) is 5.91. The van der Waals surface area contributed by atoms with Crippen LogP contribution in [-0.2, 0) is 4.79 Å². The van der Waals surface area contributed by atoms with Gasteiger partial charge in [-0.15, -0.1) is 0 Å². The van der Waals surface area contributed by atoms with Gasteiger partial charge in [0.05, 0.1) is 5.57 Å². The number of fused-ring (bicyclic) bond motifs is 1. The van der Waals surface area contributed by atoms with E-state index in [-0.39, 0.29) is 11.4 Å². The molecule has 6 nitrogen and oxygen atoms in total. The Labute approximate surface area is 168 Å². The maximum absolute atomic E-state index is 12.6. The number of amidine groups is 2. The zero-order valence-corrected chi connectivity index (χ0v) is 17.1. The summed E-state index contributed by atoms with van der Waals surface area (Å²) < 4.78 is 2.15. The van der Waals surface area contributed by atoms with Gasteiger partial charge in [0.1, 0.15) is 5.04 Å². The summed E-state index contributed by atoms with van der Waals surface area (Å²) in [6, 6.07) is 10.4. The fraction of sp³-hybridized carbons (Fsp3) is 0.238. The molecule has 3 heterocycles. The molecular weight excluding hydrogens is 370 g/mol. The minimum absolute atomic E-state index is 0.0751. The first-order valence-corrected chi connectivity index (χ1v) is 9.95. The van der Waals surface area contributed by atoms with Gasteiger partial charge in [0, 0.05) is 17.1 Å². The number of nitrogens with one attached hydrogen (secondary N) is 1. The highest BCUT2D eigenvalue weighted by Gasteiger charge is 2.35. The fourth-order valence-corrected chi connectivity index (χ4v) is 4.18. The van der Waals surface area contributed by atoms with Crippen molar-refractivity contribution in [1.82, 2.24) is 9.58 Å². The highest BCUT2D eigenvalue weighted by molar-refractivity contribution is 8.26. The summed E-state index contributed by atoms with van der Waals surface area (Å²) in [5.41, 5.74) is 5.52. The van der Waals surface area contributed by atoms with E-state index < -0.39 is 5.91 Å². The number of aliphatic imine (C=N–C) groups is 1. The summed E-state index contributed by atoms with van der Waals surface area (Å²) in [5.74, 6) is -0.317. The van der Waals surface area contributed by atoms with Crippen LogP contribution in [0.15, 0.2) is 46.0 Å². The molecule has 0 radical (unpaired) electrons. The fourth-order valence-electron chi connectivity index (χ4n) is 3.36. The topological polar surface area (TPSA) is 73.8 Å². The average Bonchev–Trinajstić information content (AvgIpc) is 3.20. The highest BCUT2D eigenvalue weighted by Crippen LogP contribution is 2.30. The van der Waals surface area contributed by atoms with Gasteiger partial charge in [-0.2, -0.15) is 15.1 Å². The minimum atomic E-state index is -0.392. The maximum Gasteiger partial charge on any atom is 0.283 e. The van der Waals surface area contributed by atoms with E-state index in [1.807, 2.05) is 26.8 Å². The van der Waals surface area contributed by atoms with Crippen molar-refractivity contribution >= 4 is 39.8 Å². The Kier molecular flexibility index (Phi) is 4.55. The largest absolute Gasteiger partial charge is 0.318 e. The number of hydrazone groups is 1. The molecule has 1 aromatic carbocycles. The SMILES string of the molecule is CCC1=NN2C(=N)C(=Cc3cc(C)n(-c4ccc(C)cc4)c3C)C(=O)N=C2S1.